The maximum atomic E-state index is 10.6. The van der Waals surface area contributed by atoms with Crippen LogP contribution in [0.1, 0.15) is 18.1 Å². The van der Waals surface area contributed by atoms with Gasteiger partial charge in [0.2, 0.25) is 0 Å². The Morgan fingerprint density at radius 3 is 2.50 bits per heavy atom. The summed E-state index contributed by atoms with van der Waals surface area (Å²) in [5.41, 5.74) is 1.95. The van der Waals surface area contributed by atoms with Crippen molar-refractivity contribution in [3.8, 4) is 0 Å². The molecule has 14 heavy (non-hydrogen) atoms. The lowest BCUT2D eigenvalue weighted by molar-refractivity contribution is -0.385. The molecule has 0 spiro atoms. The fourth-order valence-electron chi connectivity index (χ4n) is 1.30. The van der Waals surface area contributed by atoms with Gasteiger partial charge in [-0.1, -0.05) is 13.0 Å². The van der Waals surface area contributed by atoms with Crippen LogP contribution in [-0.4, -0.2) is 12.0 Å². The lowest BCUT2D eigenvalue weighted by Gasteiger charge is -2.03. The quantitative estimate of drug-likeness (QED) is 0.547. The molecule has 0 saturated carbocycles. The average molecular weight is 195 g/mol. The van der Waals surface area contributed by atoms with Crippen molar-refractivity contribution >= 4 is 5.69 Å². The minimum absolute atomic E-state index is 0.136. The molecular weight excluding hydrogens is 182 g/mol. The van der Waals surface area contributed by atoms with Crippen LogP contribution in [0, 0.1) is 10.1 Å². The van der Waals surface area contributed by atoms with Gasteiger partial charge in [0.25, 0.3) is 5.69 Å². The maximum absolute atomic E-state index is 10.6. The second-order valence-electron chi connectivity index (χ2n) is 3.05. The molecule has 1 aromatic rings. The van der Waals surface area contributed by atoms with Gasteiger partial charge in [-0.3, -0.25) is 10.1 Å². The van der Waals surface area contributed by atoms with Crippen LogP contribution < -0.4 is 0 Å². The molecule has 4 heteroatoms. The SMILES string of the molecule is CCc1cc(COC)cc([N+](=O)[O-])c1. The van der Waals surface area contributed by atoms with E-state index in [9.17, 15) is 10.1 Å². The maximum Gasteiger partial charge on any atom is 0.270 e. The molecule has 0 N–H and O–H groups in total. The molecule has 0 bridgehead atoms. The summed E-state index contributed by atoms with van der Waals surface area (Å²) < 4.78 is 4.94. The molecule has 76 valence electrons. The number of rotatable bonds is 4. The van der Waals surface area contributed by atoms with Crippen molar-refractivity contribution in [3.05, 3.63) is 39.4 Å². The van der Waals surface area contributed by atoms with Crippen LogP contribution in [0.15, 0.2) is 18.2 Å². The summed E-state index contributed by atoms with van der Waals surface area (Å²) in [6.45, 7) is 2.38. The average Bonchev–Trinajstić information content (AvgIpc) is 2.17. The number of nitro benzene ring substituents is 1. The highest BCUT2D eigenvalue weighted by molar-refractivity contribution is 5.39. The third-order valence-electron chi connectivity index (χ3n) is 1.97. The van der Waals surface area contributed by atoms with Gasteiger partial charge in [0.15, 0.2) is 0 Å². The monoisotopic (exact) mass is 195 g/mol. The summed E-state index contributed by atoms with van der Waals surface area (Å²) in [6, 6.07) is 5.07. The summed E-state index contributed by atoms with van der Waals surface area (Å²) in [7, 11) is 1.57. The van der Waals surface area contributed by atoms with E-state index in [0.29, 0.717) is 6.61 Å². The zero-order valence-electron chi connectivity index (χ0n) is 8.32. The molecule has 0 atom stereocenters. The van der Waals surface area contributed by atoms with Crippen molar-refractivity contribution in [1.82, 2.24) is 0 Å². The highest BCUT2D eigenvalue weighted by atomic mass is 16.6. The first-order valence-electron chi connectivity index (χ1n) is 4.43. The van der Waals surface area contributed by atoms with Crippen molar-refractivity contribution in [3.63, 3.8) is 0 Å². The van der Waals surface area contributed by atoms with Gasteiger partial charge in [-0.2, -0.15) is 0 Å². The Bertz CT molecular complexity index is 336. The molecule has 0 amide bonds. The Kier molecular flexibility index (Phi) is 3.59. The van der Waals surface area contributed by atoms with Crippen molar-refractivity contribution < 1.29 is 9.66 Å². The molecule has 0 aliphatic rings. The number of nitro groups is 1. The van der Waals surface area contributed by atoms with E-state index < -0.39 is 0 Å². The van der Waals surface area contributed by atoms with Crippen molar-refractivity contribution in [2.45, 2.75) is 20.0 Å². The predicted octanol–water partition coefficient (Wildman–Crippen LogP) is 2.30. The zero-order chi connectivity index (χ0) is 10.6. The highest BCUT2D eigenvalue weighted by Crippen LogP contribution is 2.18. The van der Waals surface area contributed by atoms with E-state index in [-0.39, 0.29) is 10.6 Å². The van der Waals surface area contributed by atoms with Gasteiger partial charge in [0.1, 0.15) is 0 Å². The topological polar surface area (TPSA) is 52.4 Å². The first kappa shape index (κ1) is 10.7. The molecule has 0 heterocycles. The predicted molar refractivity (Wildman–Crippen MR) is 53.2 cm³/mol. The zero-order valence-corrected chi connectivity index (χ0v) is 8.32. The number of hydrogen-bond donors (Lipinski definition) is 0. The minimum Gasteiger partial charge on any atom is -0.380 e. The van der Waals surface area contributed by atoms with Crippen LogP contribution in [0.2, 0.25) is 0 Å². The summed E-state index contributed by atoms with van der Waals surface area (Å²) in [6.07, 6.45) is 0.790. The summed E-state index contributed by atoms with van der Waals surface area (Å²) >= 11 is 0. The number of nitrogens with zero attached hydrogens (tertiary/aromatic N) is 1. The number of hydrogen-bond acceptors (Lipinski definition) is 3. The number of aryl methyl sites for hydroxylation is 1. The van der Waals surface area contributed by atoms with Crippen LogP contribution >= 0.6 is 0 Å². The van der Waals surface area contributed by atoms with E-state index in [2.05, 4.69) is 0 Å². The number of methoxy groups -OCH3 is 1. The van der Waals surface area contributed by atoms with Crippen molar-refractivity contribution in [2.24, 2.45) is 0 Å². The van der Waals surface area contributed by atoms with Gasteiger partial charge in [0.05, 0.1) is 11.5 Å². The molecule has 0 unspecified atom stereocenters. The third-order valence-corrected chi connectivity index (χ3v) is 1.97. The highest BCUT2D eigenvalue weighted by Gasteiger charge is 2.08. The smallest absolute Gasteiger partial charge is 0.270 e. The molecule has 1 aromatic carbocycles. The van der Waals surface area contributed by atoms with Crippen LogP contribution in [0.5, 0.6) is 0 Å². The van der Waals surface area contributed by atoms with E-state index in [4.69, 9.17) is 4.74 Å². The number of non-ortho nitro benzene ring substituents is 1. The van der Waals surface area contributed by atoms with Crippen LogP contribution in [-0.2, 0) is 17.8 Å². The fraction of sp³-hybridized carbons (Fsp3) is 0.400. The minimum atomic E-state index is -0.377. The fourth-order valence-corrected chi connectivity index (χ4v) is 1.30. The first-order chi connectivity index (χ1) is 6.67. The van der Waals surface area contributed by atoms with Crippen LogP contribution in [0.4, 0.5) is 5.69 Å². The molecule has 0 radical (unpaired) electrons. The largest absolute Gasteiger partial charge is 0.380 e. The van der Waals surface area contributed by atoms with E-state index in [0.717, 1.165) is 17.5 Å². The molecule has 1 rings (SSSR count). The Hall–Kier alpha value is -1.42. The Labute approximate surface area is 82.7 Å². The van der Waals surface area contributed by atoms with Gasteiger partial charge < -0.3 is 4.74 Å². The molecular formula is C10H13NO3. The summed E-state index contributed by atoms with van der Waals surface area (Å²) in [5, 5.41) is 10.6. The molecule has 0 aliphatic carbocycles. The first-order valence-corrected chi connectivity index (χ1v) is 4.43. The van der Waals surface area contributed by atoms with Gasteiger partial charge in [-0.25, -0.2) is 0 Å². The van der Waals surface area contributed by atoms with Crippen LogP contribution in [0.3, 0.4) is 0 Å². The van der Waals surface area contributed by atoms with Gasteiger partial charge >= 0.3 is 0 Å². The standard InChI is InChI=1S/C10H13NO3/c1-3-8-4-9(7-14-2)6-10(5-8)11(12)13/h4-6H,3,7H2,1-2H3. The second-order valence-corrected chi connectivity index (χ2v) is 3.05. The normalized spacial score (nSPS) is 10.1. The molecule has 4 nitrogen and oxygen atoms in total. The summed E-state index contributed by atoms with van der Waals surface area (Å²) in [5.74, 6) is 0. The third kappa shape index (κ3) is 2.53. The second kappa shape index (κ2) is 4.72. The summed E-state index contributed by atoms with van der Waals surface area (Å²) in [4.78, 5) is 10.2. The Morgan fingerprint density at radius 1 is 1.36 bits per heavy atom. The van der Waals surface area contributed by atoms with E-state index in [1.54, 1.807) is 19.2 Å². The van der Waals surface area contributed by atoms with Crippen molar-refractivity contribution in [1.29, 1.82) is 0 Å². The molecule has 0 aliphatic heterocycles. The lowest BCUT2D eigenvalue weighted by Crippen LogP contribution is -1.95. The van der Waals surface area contributed by atoms with E-state index in [1.807, 2.05) is 13.0 Å². The van der Waals surface area contributed by atoms with Gasteiger partial charge in [-0.05, 0) is 17.5 Å². The number of benzene rings is 1. The number of ether oxygens (including phenoxy) is 1. The Morgan fingerprint density at radius 2 is 2.00 bits per heavy atom. The molecule has 0 fully saturated rings. The van der Waals surface area contributed by atoms with Gasteiger partial charge in [0, 0.05) is 19.2 Å². The Balaban J connectivity index is 3.06. The van der Waals surface area contributed by atoms with E-state index >= 15 is 0 Å². The molecule has 0 saturated heterocycles. The molecule has 0 aromatic heterocycles. The van der Waals surface area contributed by atoms with Gasteiger partial charge in [-0.15, -0.1) is 0 Å². The lowest BCUT2D eigenvalue weighted by atomic mass is 10.1. The van der Waals surface area contributed by atoms with Crippen LogP contribution in [0.25, 0.3) is 0 Å². The van der Waals surface area contributed by atoms with E-state index in [1.165, 1.54) is 0 Å². The van der Waals surface area contributed by atoms with Crippen molar-refractivity contribution in [2.75, 3.05) is 7.11 Å².